The lowest BCUT2D eigenvalue weighted by atomic mass is 10.2. The highest BCUT2D eigenvalue weighted by Gasteiger charge is 2.30. The second-order valence-electron chi connectivity index (χ2n) is 6.96. The van der Waals surface area contributed by atoms with Gasteiger partial charge < -0.3 is 15.1 Å². The van der Waals surface area contributed by atoms with Gasteiger partial charge in [0.15, 0.2) is 6.54 Å². The van der Waals surface area contributed by atoms with Crippen molar-refractivity contribution in [2.45, 2.75) is 12.7 Å². The molecule has 2 aromatic carbocycles. The molecule has 1 aliphatic heterocycles. The van der Waals surface area contributed by atoms with Crippen LogP contribution < -0.4 is 15.1 Å². The molecule has 0 spiro atoms. The fourth-order valence-electron chi connectivity index (χ4n) is 3.37. The van der Waals surface area contributed by atoms with Gasteiger partial charge in [0, 0.05) is 11.3 Å². The number of piperazine rings is 1. The maximum Gasteiger partial charge on any atom is 0.416 e. The van der Waals surface area contributed by atoms with Crippen LogP contribution in [0.15, 0.2) is 54.6 Å². The zero-order chi connectivity index (χ0) is 19.3. The maximum atomic E-state index is 12.6. The van der Waals surface area contributed by atoms with Crippen molar-refractivity contribution < 1.29 is 27.8 Å². The molecule has 0 unspecified atom stereocenters. The summed E-state index contributed by atoms with van der Waals surface area (Å²) in [7, 11) is 0. The first-order valence-electron chi connectivity index (χ1n) is 9.08. The van der Waals surface area contributed by atoms with Crippen molar-refractivity contribution in [1.29, 1.82) is 0 Å². The molecule has 0 atom stereocenters. The minimum absolute atomic E-state index is 0.170. The van der Waals surface area contributed by atoms with Crippen LogP contribution in [0.4, 0.5) is 18.9 Å². The van der Waals surface area contributed by atoms with Crippen LogP contribution in [0.2, 0.25) is 0 Å². The van der Waals surface area contributed by atoms with Gasteiger partial charge in [0.25, 0.3) is 5.91 Å². The number of hydrogen-bond acceptors (Lipinski definition) is 1. The summed E-state index contributed by atoms with van der Waals surface area (Å²) in [6.07, 6.45) is -4.37. The number of quaternary nitrogens is 2. The predicted octanol–water partition coefficient (Wildman–Crippen LogP) is 0.628. The minimum Gasteiger partial charge on any atom is -0.322 e. The molecule has 1 saturated heterocycles. The van der Waals surface area contributed by atoms with E-state index in [1.54, 1.807) is 0 Å². The van der Waals surface area contributed by atoms with E-state index in [4.69, 9.17) is 0 Å². The molecule has 3 N–H and O–H groups in total. The third-order valence-corrected chi connectivity index (χ3v) is 4.87. The molecule has 0 aliphatic carbocycles. The standard InChI is InChI=1S/C20H22F3N3O/c21-20(22,23)17-6-8-18(9-7-17)24-19(27)15-26-12-10-25(11-13-26)14-16-4-2-1-3-5-16/h1-9H,10-15H2,(H,24,27)/p+2. The summed E-state index contributed by atoms with van der Waals surface area (Å²) >= 11 is 0. The molecule has 7 heteroatoms. The molecule has 1 amide bonds. The Morgan fingerprint density at radius 1 is 0.889 bits per heavy atom. The van der Waals surface area contributed by atoms with Crippen LogP contribution in [-0.2, 0) is 17.5 Å². The van der Waals surface area contributed by atoms with E-state index < -0.39 is 11.7 Å². The lowest BCUT2D eigenvalue weighted by Crippen LogP contribution is -3.28. The number of hydrogen-bond donors (Lipinski definition) is 3. The highest BCUT2D eigenvalue weighted by molar-refractivity contribution is 5.91. The average Bonchev–Trinajstić information content (AvgIpc) is 2.64. The number of carbonyl (C=O) groups excluding carboxylic acids is 1. The van der Waals surface area contributed by atoms with Crippen molar-refractivity contribution >= 4 is 11.6 Å². The Labute approximate surface area is 156 Å². The molecule has 0 aromatic heterocycles. The summed E-state index contributed by atoms with van der Waals surface area (Å²) in [6.45, 7) is 5.13. The van der Waals surface area contributed by atoms with Crippen LogP contribution in [0.1, 0.15) is 11.1 Å². The second-order valence-corrected chi connectivity index (χ2v) is 6.96. The first-order valence-corrected chi connectivity index (χ1v) is 9.08. The van der Waals surface area contributed by atoms with Gasteiger partial charge >= 0.3 is 6.18 Å². The van der Waals surface area contributed by atoms with Crippen LogP contribution in [0.3, 0.4) is 0 Å². The molecule has 1 aliphatic rings. The Balaban J connectivity index is 1.43. The summed E-state index contributed by atoms with van der Waals surface area (Å²) in [5.74, 6) is -0.170. The SMILES string of the molecule is O=C(C[NH+]1CC[NH+](Cc2ccccc2)CC1)Nc1ccc(C(F)(F)F)cc1. The Morgan fingerprint density at radius 2 is 1.48 bits per heavy atom. The largest absolute Gasteiger partial charge is 0.416 e. The number of amides is 1. The lowest BCUT2D eigenvalue weighted by Gasteiger charge is -2.29. The van der Waals surface area contributed by atoms with E-state index in [1.807, 2.05) is 18.2 Å². The topological polar surface area (TPSA) is 38.0 Å². The van der Waals surface area contributed by atoms with E-state index in [-0.39, 0.29) is 5.91 Å². The summed E-state index contributed by atoms with van der Waals surface area (Å²) in [6, 6.07) is 14.9. The van der Waals surface area contributed by atoms with Crippen LogP contribution in [-0.4, -0.2) is 38.6 Å². The van der Waals surface area contributed by atoms with Gasteiger partial charge in [-0.1, -0.05) is 30.3 Å². The molecule has 1 fully saturated rings. The van der Waals surface area contributed by atoms with Crippen molar-refractivity contribution in [3.05, 3.63) is 65.7 Å². The third-order valence-electron chi connectivity index (χ3n) is 4.87. The first-order chi connectivity index (χ1) is 12.9. The highest BCUT2D eigenvalue weighted by Crippen LogP contribution is 2.29. The number of carbonyl (C=O) groups is 1. The smallest absolute Gasteiger partial charge is 0.322 e. The Morgan fingerprint density at radius 3 is 2.07 bits per heavy atom. The zero-order valence-electron chi connectivity index (χ0n) is 15.0. The molecule has 1 heterocycles. The van der Waals surface area contributed by atoms with Crippen LogP contribution >= 0.6 is 0 Å². The molecular weight excluding hydrogens is 355 g/mol. The molecule has 0 radical (unpaired) electrons. The van der Waals surface area contributed by atoms with Gasteiger partial charge in [-0.15, -0.1) is 0 Å². The van der Waals surface area contributed by atoms with Gasteiger partial charge in [0.05, 0.1) is 5.56 Å². The second kappa shape index (κ2) is 8.54. The lowest BCUT2D eigenvalue weighted by molar-refractivity contribution is -1.02. The molecule has 0 saturated carbocycles. The van der Waals surface area contributed by atoms with Gasteiger partial charge in [-0.25, -0.2) is 0 Å². The summed E-state index contributed by atoms with van der Waals surface area (Å²) in [4.78, 5) is 14.9. The van der Waals surface area contributed by atoms with E-state index in [2.05, 4.69) is 17.4 Å². The van der Waals surface area contributed by atoms with Crippen LogP contribution in [0.5, 0.6) is 0 Å². The van der Waals surface area contributed by atoms with Crippen molar-refractivity contribution in [3.63, 3.8) is 0 Å². The highest BCUT2D eigenvalue weighted by atomic mass is 19.4. The van der Waals surface area contributed by atoms with Crippen molar-refractivity contribution in [1.82, 2.24) is 0 Å². The molecule has 0 bridgehead atoms. The van der Waals surface area contributed by atoms with Gasteiger partial charge in [0.1, 0.15) is 32.7 Å². The van der Waals surface area contributed by atoms with Gasteiger partial charge in [-0.2, -0.15) is 13.2 Å². The Kier molecular flexibility index (Phi) is 6.13. The summed E-state index contributed by atoms with van der Waals surface area (Å²) in [5.41, 5.74) is 0.986. The van der Waals surface area contributed by atoms with Crippen molar-refractivity contribution in [2.75, 3.05) is 38.0 Å². The Hall–Kier alpha value is -2.38. The summed E-state index contributed by atoms with van der Waals surface area (Å²) in [5, 5.41) is 2.69. The molecule has 27 heavy (non-hydrogen) atoms. The van der Waals surface area contributed by atoms with Gasteiger partial charge in [-0.3, -0.25) is 4.79 Å². The van der Waals surface area contributed by atoms with E-state index in [9.17, 15) is 18.0 Å². The zero-order valence-corrected chi connectivity index (χ0v) is 15.0. The van der Waals surface area contributed by atoms with Crippen LogP contribution in [0.25, 0.3) is 0 Å². The quantitative estimate of drug-likeness (QED) is 0.701. The van der Waals surface area contributed by atoms with E-state index in [1.165, 1.54) is 27.5 Å². The fourth-order valence-corrected chi connectivity index (χ4v) is 3.37. The summed E-state index contributed by atoms with van der Waals surface area (Å²) < 4.78 is 37.7. The van der Waals surface area contributed by atoms with E-state index in [0.717, 1.165) is 44.9 Å². The first kappa shape index (κ1) is 19.4. The number of alkyl halides is 3. The van der Waals surface area contributed by atoms with Crippen LogP contribution in [0, 0.1) is 0 Å². The number of halogens is 3. The number of rotatable bonds is 5. The number of benzene rings is 2. The molecule has 2 aromatic rings. The molecule has 144 valence electrons. The van der Waals surface area contributed by atoms with Crippen molar-refractivity contribution in [2.24, 2.45) is 0 Å². The average molecular weight is 379 g/mol. The Bertz CT molecular complexity index is 739. The number of nitrogens with one attached hydrogen (secondary N) is 3. The maximum absolute atomic E-state index is 12.6. The van der Waals surface area contributed by atoms with Gasteiger partial charge in [-0.05, 0) is 24.3 Å². The predicted molar refractivity (Wildman–Crippen MR) is 96.5 cm³/mol. The van der Waals surface area contributed by atoms with E-state index in [0.29, 0.717) is 12.2 Å². The van der Waals surface area contributed by atoms with Crippen molar-refractivity contribution in [3.8, 4) is 0 Å². The third kappa shape index (κ3) is 5.80. The monoisotopic (exact) mass is 379 g/mol. The molecular formula is C20H24F3N3O+2. The van der Waals surface area contributed by atoms with Gasteiger partial charge in [0.2, 0.25) is 0 Å². The normalized spacial score (nSPS) is 20.3. The molecule has 4 nitrogen and oxygen atoms in total. The molecule has 3 rings (SSSR count). The number of anilines is 1. The fraction of sp³-hybridized carbons (Fsp3) is 0.350. The minimum atomic E-state index is -4.37. The van der Waals surface area contributed by atoms with E-state index >= 15 is 0 Å².